The maximum Gasteiger partial charge on any atom is 0.295 e. The van der Waals surface area contributed by atoms with Crippen LogP contribution in [0.25, 0.3) is 11.0 Å². The molecular formula is C31H31NO6. The molecule has 5 rings (SSSR count). The number of carbonyl (C=O) groups excluding carboxylic acids is 1. The quantitative estimate of drug-likeness (QED) is 0.225. The average molecular weight is 514 g/mol. The van der Waals surface area contributed by atoms with Gasteiger partial charge in [0.05, 0.1) is 37.8 Å². The molecule has 0 N–H and O–H groups in total. The van der Waals surface area contributed by atoms with Crippen molar-refractivity contribution in [2.45, 2.75) is 38.6 Å². The molecule has 7 heteroatoms. The van der Waals surface area contributed by atoms with Crippen molar-refractivity contribution in [3.05, 3.63) is 93.8 Å². The third-order valence-electron chi connectivity index (χ3n) is 6.87. The van der Waals surface area contributed by atoms with Crippen LogP contribution < -0.4 is 24.5 Å². The van der Waals surface area contributed by atoms with E-state index in [1.807, 2.05) is 30.3 Å². The van der Waals surface area contributed by atoms with E-state index >= 15 is 0 Å². The fraction of sp³-hybridized carbons (Fsp3) is 0.290. The highest BCUT2D eigenvalue weighted by molar-refractivity contribution is 6.10. The zero-order chi connectivity index (χ0) is 26.6. The first kappa shape index (κ1) is 25.4. The molecule has 0 aliphatic carbocycles. The number of carbonyl (C=O) groups is 1. The lowest BCUT2D eigenvalue weighted by Crippen LogP contribution is -2.29. The summed E-state index contributed by atoms with van der Waals surface area (Å²) in [6, 6.07) is 19.0. The predicted octanol–water partition coefficient (Wildman–Crippen LogP) is 6.52. The van der Waals surface area contributed by atoms with E-state index in [-0.39, 0.29) is 11.2 Å². The Morgan fingerprint density at radius 2 is 1.71 bits per heavy atom. The smallest absolute Gasteiger partial charge is 0.295 e. The molecule has 1 amide bonds. The maximum absolute atomic E-state index is 13.8. The first-order chi connectivity index (χ1) is 18.6. The minimum Gasteiger partial charge on any atom is -0.497 e. The minimum absolute atomic E-state index is 0.0386. The van der Waals surface area contributed by atoms with Gasteiger partial charge in [0.15, 0.2) is 16.9 Å². The second-order valence-electron chi connectivity index (χ2n) is 9.27. The summed E-state index contributed by atoms with van der Waals surface area (Å²) in [5, 5.41) is 0.426. The summed E-state index contributed by atoms with van der Waals surface area (Å²) in [5.41, 5.74) is 1.73. The third kappa shape index (κ3) is 4.60. The Morgan fingerprint density at radius 3 is 2.50 bits per heavy atom. The molecule has 2 heterocycles. The number of ether oxygens (including phenoxy) is 3. The van der Waals surface area contributed by atoms with Gasteiger partial charge in [-0.15, -0.1) is 0 Å². The Balaban J connectivity index is 1.62. The van der Waals surface area contributed by atoms with E-state index in [1.165, 1.54) is 6.42 Å². The highest BCUT2D eigenvalue weighted by Gasteiger charge is 2.44. The van der Waals surface area contributed by atoms with E-state index < -0.39 is 11.9 Å². The molecule has 196 valence electrons. The van der Waals surface area contributed by atoms with Gasteiger partial charge in [-0.2, -0.15) is 0 Å². The van der Waals surface area contributed by atoms with E-state index in [1.54, 1.807) is 55.5 Å². The van der Waals surface area contributed by atoms with Gasteiger partial charge in [-0.3, -0.25) is 14.5 Å². The number of fused-ring (bicyclic) bond motifs is 2. The second kappa shape index (κ2) is 11.0. The number of amides is 1. The number of nitrogens with zero attached hydrogens (tertiary/aromatic N) is 1. The summed E-state index contributed by atoms with van der Waals surface area (Å²) >= 11 is 0. The minimum atomic E-state index is -0.724. The molecule has 0 fully saturated rings. The molecule has 7 nitrogen and oxygen atoms in total. The maximum atomic E-state index is 13.8. The van der Waals surface area contributed by atoms with Crippen LogP contribution in [0, 0.1) is 0 Å². The number of rotatable bonds is 10. The van der Waals surface area contributed by atoms with Crippen LogP contribution in [0.2, 0.25) is 0 Å². The normalized spacial score (nSPS) is 14.6. The zero-order valence-electron chi connectivity index (χ0n) is 21.9. The Morgan fingerprint density at radius 1 is 0.868 bits per heavy atom. The lowest BCUT2D eigenvalue weighted by molar-refractivity contribution is 0.0971. The topological polar surface area (TPSA) is 78.2 Å². The SMILES string of the molecule is CCCCCCOc1ccc(C2c3c(oc4ccccc4c3=O)C(=O)N2c2cccc(OC)c2)cc1OC. The summed E-state index contributed by atoms with van der Waals surface area (Å²) < 4.78 is 23.1. The van der Waals surface area contributed by atoms with Crippen molar-refractivity contribution in [2.24, 2.45) is 0 Å². The first-order valence-electron chi connectivity index (χ1n) is 12.9. The van der Waals surface area contributed by atoms with Crippen LogP contribution in [0.15, 0.2) is 75.9 Å². The van der Waals surface area contributed by atoms with Crippen LogP contribution in [0.1, 0.15) is 60.3 Å². The van der Waals surface area contributed by atoms with Gasteiger partial charge in [-0.1, -0.05) is 50.5 Å². The first-order valence-corrected chi connectivity index (χ1v) is 12.9. The second-order valence-corrected chi connectivity index (χ2v) is 9.27. The molecule has 4 aromatic rings. The molecule has 1 aliphatic heterocycles. The molecule has 1 aliphatic rings. The number of anilines is 1. The van der Waals surface area contributed by atoms with E-state index in [4.69, 9.17) is 18.6 Å². The number of unbranched alkanes of at least 4 members (excludes halogenated alkanes) is 3. The van der Waals surface area contributed by atoms with Crippen molar-refractivity contribution in [1.29, 1.82) is 0 Å². The standard InChI is InChI=1S/C31H31NO6/c1-4-5-6-9-17-37-25-16-15-20(18-26(25)36-3)28-27-29(33)23-13-7-8-14-24(23)38-30(27)31(34)32(28)21-11-10-12-22(19-21)35-2/h7-8,10-16,18-19,28H,4-6,9,17H2,1-3H3. The number of hydrogen-bond donors (Lipinski definition) is 0. The van der Waals surface area contributed by atoms with Gasteiger partial charge in [-0.05, 0) is 48.4 Å². The van der Waals surface area contributed by atoms with Crippen molar-refractivity contribution in [2.75, 3.05) is 25.7 Å². The summed E-state index contributed by atoms with van der Waals surface area (Å²) in [4.78, 5) is 29.2. The van der Waals surface area contributed by atoms with Gasteiger partial charge in [0.2, 0.25) is 5.76 Å². The van der Waals surface area contributed by atoms with E-state index in [9.17, 15) is 9.59 Å². The zero-order valence-corrected chi connectivity index (χ0v) is 21.9. The molecule has 0 bridgehead atoms. The van der Waals surface area contributed by atoms with Crippen molar-refractivity contribution in [3.8, 4) is 17.2 Å². The molecule has 0 saturated heterocycles. The fourth-order valence-electron chi connectivity index (χ4n) is 4.95. The summed E-state index contributed by atoms with van der Waals surface area (Å²) in [6.07, 6.45) is 4.40. The molecule has 3 aromatic carbocycles. The highest BCUT2D eigenvalue weighted by atomic mass is 16.5. The van der Waals surface area contributed by atoms with Gasteiger partial charge < -0.3 is 18.6 Å². The molecule has 1 atom stereocenters. The lowest BCUT2D eigenvalue weighted by atomic mass is 9.97. The predicted molar refractivity (Wildman–Crippen MR) is 147 cm³/mol. The van der Waals surface area contributed by atoms with Crippen molar-refractivity contribution in [3.63, 3.8) is 0 Å². The van der Waals surface area contributed by atoms with Crippen LogP contribution in [-0.2, 0) is 0 Å². The molecule has 1 unspecified atom stereocenters. The van der Waals surface area contributed by atoms with Crippen LogP contribution in [0.3, 0.4) is 0 Å². The van der Waals surface area contributed by atoms with Gasteiger partial charge in [0.25, 0.3) is 5.91 Å². The molecular weight excluding hydrogens is 482 g/mol. The lowest BCUT2D eigenvalue weighted by Gasteiger charge is -2.26. The van der Waals surface area contributed by atoms with Crippen molar-refractivity contribution in [1.82, 2.24) is 0 Å². The Hall–Kier alpha value is -4.26. The van der Waals surface area contributed by atoms with Gasteiger partial charge in [0, 0.05) is 11.8 Å². The summed E-state index contributed by atoms with van der Waals surface area (Å²) in [7, 11) is 3.15. The molecule has 0 spiro atoms. The van der Waals surface area contributed by atoms with E-state index in [0.717, 1.165) is 19.3 Å². The summed E-state index contributed by atoms with van der Waals surface area (Å²) in [6.45, 7) is 2.76. The Kier molecular flexibility index (Phi) is 7.36. The van der Waals surface area contributed by atoms with Crippen LogP contribution in [0.5, 0.6) is 17.2 Å². The van der Waals surface area contributed by atoms with Crippen LogP contribution in [-0.4, -0.2) is 26.7 Å². The van der Waals surface area contributed by atoms with E-state index in [2.05, 4.69) is 6.92 Å². The highest BCUT2D eigenvalue weighted by Crippen LogP contribution is 2.43. The largest absolute Gasteiger partial charge is 0.497 e. The third-order valence-corrected chi connectivity index (χ3v) is 6.87. The molecule has 0 saturated carbocycles. The average Bonchev–Trinajstić information content (AvgIpc) is 3.25. The van der Waals surface area contributed by atoms with Gasteiger partial charge in [0.1, 0.15) is 11.3 Å². The Bertz CT molecular complexity index is 1520. The van der Waals surface area contributed by atoms with Gasteiger partial charge in [-0.25, -0.2) is 0 Å². The van der Waals surface area contributed by atoms with Gasteiger partial charge >= 0.3 is 0 Å². The fourth-order valence-corrected chi connectivity index (χ4v) is 4.95. The van der Waals surface area contributed by atoms with E-state index in [0.29, 0.717) is 51.6 Å². The van der Waals surface area contributed by atoms with Crippen molar-refractivity contribution < 1.29 is 23.4 Å². The van der Waals surface area contributed by atoms with Crippen LogP contribution in [0.4, 0.5) is 5.69 Å². The molecule has 1 aromatic heterocycles. The molecule has 38 heavy (non-hydrogen) atoms. The monoisotopic (exact) mass is 513 g/mol. The number of methoxy groups -OCH3 is 2. The number of benzene rings is 3. The summed E-state index contributed by atoms with van der Waals surface area (Å²) in [5.74, 6) is 1.40. The van der Waals surface area contributed by atoms with Crippen LogP contribution >= 0.6 is 0 Å². The number of para-hydroxylation sites is 1. The molecule has 0 radical (unpaired) electrons. The number of hydrogen-bond acceptors (Lipinski definition) is 6. The van der Waals surface area contributed by atoms with Crippen molar-refractivity contribution >= 4 is 22.6 Å². The Labute approximate surface area is 221 Å².